The van der Waals surface area contributed by atoms with Crippen molar-refractivity contribution >= 4 is 16.9 Å². The molecule has 0 saturated heterocycles. The number of nitrogens with one attached hydrogen (secondary N) is 1. The SMILES string of the molecule is COc1ccccc1CCC(=O)NCCc1ccc2c(c1)ncn2C. The second-order valence-electron chi connectivity index (χ2n) is 6.09. The number of ether oxygens (including phenoxy) is 1. The maximum absolute atomic E-state index is 12.1. The second-order valence-corrected chi connectivity index (χ2v) is 6.09. The van der Waals surface area contributed by atoms with Crippen molar-refractivity contribution in [3.05, 3.63) is 59.9 Å². The molecule has 2 aromatic carbocycles. The summed E-state index contributed by atoms with van der Waals surface area (Å²) in [6.45, 7) is 0.628. The molecule has 5 heteroatoms. The van der Waals surface area contributed by atoms with E-state index in [1.54, 1.807) is 7.11 Å². The number of amides is 1. The molecule has 130 valence electrons. The van der Waals surface area contributed by atoms with Crippen LogP contribution in [-0.4, -0.2) is 29.1 Å². The van der Waals surface area contributed by atoms with Gasteiger partial charge in [-0.25, -0.2) is 4.98 Å². The van der Waals surface area contributed by atoms with Gasteiger partial charge in [-0.05, 0) is 42.2 Å². The standard InChI is InChI=1S/C20H23N3O2/c1-23-14-22-17-13-15(7-9-18(17)23)11-12-21-20(24)10-8-16-5-3-4-6-19(16)25-2/h3-7,9,13-14H,8,10-12H2,1-2H3,(H,21,24). The van der Waals surface area contributed by atoms with Gasteiger partial charge in [0.1, 0.15) is 5.75 Å². The summed E-state index contributed by atoms with van der Waals surface area (Å²) in [6, 6.07) is 14.0. The van der Waals surface area contributed by atoms with Crippen LogP contribution in [0.4, 0.5) is 0 Å². The van der Waals surface area contributed by atoms with Gasteiger partial charge in [0.2, 0.25) is 5.91 Å². The quantitative estimate of drug-likeness (QED) is 0.721. The normalized spacial score (nSPS) is 10.8. The van der Waals surface area contributed by atoms with E-state index in [0.717, 1.165) is 28.8 Å². The van der Waals surface area contributed by atoms with Crippen LogP contribution in [0.25, 0.3) is 11.0 Å². The van der Waals surface area contributed by atoms with Crippen molar-refractivity contribution in [1.82, 2.24) is 14.9 Å². The molecule has 1 amide bonds. The zero-order valence-electron chi connectivity index (χ0n) is 14.7. The van der Waals surface area contributed by atoms with Crippen molar-refractivity contribution in [2.24, 2.45) is 7.05 Å². The van der Waals surface area contributed by atoms with Crippen LogP contribution in [-0.2, 0) is 24.7 Å². The molecule has 3 rings (SSSR count). The van der Waals surface area contributed by atoms with Crippen molar-refractivity contribution in [2.75, 3.05) is 13.7 Å². The van der Waals surface area contributed by atoms with Gasteiger partial charge in [0, 0.05) is 20.0 Å². The predicted molar refractivity (Wildman–Crippen MR) is 98.7 cm³/mol. The third kappa shape index (κ3) is 4.18. The van der Waals surface area contributed by atoms with Gasteiger partial charge in [-0.1, -0.05) is 24.3 Å². The van der Waals surface area contributed by atoms with Gasteiger partial charge in [-0.2, -0.15) is 0 Å². The Morgan fingerprint density at radius 2 is 2.04 bits per heavy atom. The number of methoxy groups -OCH3 is 1. The van der Waals surface area contributed by atoms with Gasteiger partial charge >= 0.3 is 0 Å². The molecular formula is C20H23N3O2. The Kier molecular flexibility index (Phi) is 5.33. The molecule has 0 aliphatic carbocycles. The molecule has 0 fully saturated rings. The third-order valence-electron chi connectivity index (χ3n) is 4.34. The molecule has 25 heavy (non-hydrogen) atoms. The first kappa shape index (κ1) is 17.0. The minimum Gasteiger partial charge on any atom is -0.496 e. The topological polar surface area (TPSA) is 56.1 Å². The number of carbonyl (C=O) groups excluding carboxylic acids is 1. The lowest BCUT2D eigenvalue weighted by Crippen LogP contribution is -2.25. The number of carbonyl (C=O) groups is 1. The minimum atomic E-state index is 0.0600. The number of hydrogen-bond donors (Lipinski definition) is 1. The highest BCUT2D eigenvalue weighted by Gasteiger charge is 2.06. The Morgan fingerprint density at radius 1 is 1.20 bits per heavy atom. The summed E-state index contributed by atoms with van der Waals surface area (Å²) >= 11 is 0. The zero-order chi connectivity index (χ0) is 17.6. The highest BCUT2D eigenvalue weighted by Crippen LogP contribution is 2.18. The molecule has 1 heterocycles. The summed E-state index contributed by atoms with van der Waals surface area (Å²) < 4.78 is 7.31. The lowest BCUT2D eigenvalue weighted by molar-refractivity contribution is -0.121. The highest BCUT2D eigenvalue weighted by molar-refractivity contribution is 5.77. The Bertz CT molecular complexity index is 870. The van der Waals surface area contributed by atoms with Crippen molar-refractivity contribution in [1.29, 1.82) is 0 Å². The van der Waals surface area contributed by atoms with E-state index in [1.807, 2.05) is 42.2 Å². The molecule has 0 bridgehead atoms. The molecule has 1 N–H and O–H groups in total. The third-order valence-corrected chi connectivity index (χ3v) is 4.34. The van der Waals surface area contributed by atoms with Gasteiger partial charge in [0.15, 0.2) is 0 Å². The molecular weight excluding hydrogens is 314 g/mol. The molecule has 0 saturated carbocycles. The van der Waals surface area contributed by atoms with Crippen LogP contribution in [0.5, 0.6) is 5.75 Å². The lowest BCUT2D eigenvalue weighted by atomic mass is 10.1. The molecule has 0 radical (unpaired) electrons. The Hall–Kier alpha value is -2.82. The lowest BCUT2D eigenvalue weighted by Gasteiger charge is -2.09. The summed E-state index contributed by atoms with van der Waals surface area (Å²) in [5.41, 5.74) is 4.34. The van der Waals surface area contributed by atoms with Crippen LogP contribution in [0.15, 0.2) is 48.8 Å². The average Bonchev–Trinajstić information content (AvgIpc) is 3.00. The summed E-state index contributed by atoms with van der Waals surface area (Å²) in [7, 11) is 3.63. The number of aryl methyl sites for hydroxylation is 2. The largest absolute Gasteiger partial charge is 0.496 e. The number of nitrogens with zero attached hydrogens (tertiary/aromatic N) is 2. The van der Waals surface area contributed by atoms with E-state index < -0.39 is 0 Å². The van der Waals surface area contributed by atoms with Crippen molar-refractivity contribution in [3.8, 4) is 5.75 Å². The van der Waals surface area contributed by atoms with Gasteiger partial charge in [-0.3, -0.25) is 4.79 Å². The molecule has 1 aromatic heterocycles. The maximum Gasteiger partial charge on any atom is 0.220 e. The summed E-state index contributed by atoms with van der Waals surface area (Å²) in [6.07, 6.45) is 3.75. The minimum absolute atomic E-state index is 0.0600. The number of aromatic nitrogens is 2. The highest BCUT2D eigenvalue weighted by atomic mass is 16.5. The number of imidazole rings is 1. The first-order chi connectivity index (χ1) is 12.2. The van der Waals surface area contributed by atoms with E-state index in [-0.39, 0.29) is 5.91 Å². The molecule has 0 unspecified atom stereocenters. The van der Waals surface area contributed by atoms with Crippen LogP contribution in [0.2, 0.25) is 0 Å². The second kappa shape index (κ2) is 7.83. The summed E-state index contributed by atoms with van der Waals surface area (Å²) in [5.74, 6) is 0.892. The van der Waals surface area contributed by atoms with E-state index in [4.69, 9.17) is 4.74 Å². The number of rotatable bonds is 7. The monoisotopic (exact) mass is 337 g/mol. The smallest absolute Gasteiger partial charge is 0.220 e. The van der Waals surface area contributed by atoms with Gasteiger partial charge in [-0.15, -0.1) is 0 Å². The average molecular weight is 337 g/mol. The van der Waals surface area contributed by atoms with E-state index in [0.29, 0.717) is 19.4 Å². The van der Waals surface area contributed by atoms with Crippen LogP contribution in [0, 0.1) is 0 Å². The van der Waals surface area contributed by atoms with E-state index in [9.17, 15) is 4.79 Å². The summed E-state index contributed by atoms with van der Waals surface area (Å²) in [4.78, 5) is 16.4. The van der Waals surface area contributed by atoms with Crippen molar-refractivity contribution in [2.45, 2.75) is 19.3 Å². The number of hydrogen-bond acceptors (Lipinski definition) is 3. The van der Waals surface area contributed by atoms with Crippen LogP contribution in [0.3, 0.4) is 0 Å². The molecule has 0 aliphatic heterocycles. The maximum atomic E-state index is 12.1. The van der Waals surface area contributed by atoms with Gasteiger partial charge in [0.25, 0.3) is 0 Å². The molecule has 5 nitrogen and oxygen atoms in total. The van der Waals surface area contributed by atoms with Crippen molar-refractivity contribution in [3.63, 3.8) is 0 Å². The van der Waals surface area contributed by atoms with Gasteiger partial charge < -0.3 is 14.6 Å². The van der Waals surface area contributed by atoms with Crippen LogP contribution in [0.1, 0.15) is 17.5 Å². The molecule has 0 atom stereocenters. The summed E-state index contributed by atoms with van der Waals surface area (Å²) in [5, 5.41) is 2.99. The first-order valence-corrected chi connectivity index (χ1v) is 8.46. The van der Waals surface area contributed by atoms with E-state index >= 15 is 0 Å². The predicted octanol–water partition coefficient (Wildman–Crippen LogP) is 2.87. The molecule has 3 aromatic rings. The Morgan fingerprint density at radius 3 is 2.88 bits per heavy atom. The van der Waals surface area contributed by atoms with E-state index in [2.05, 4.69) is 28.5 Å². The number of para-hydroxylation sites is 1. The fourth-order valence-electron chi connectivity index (χ4n) is 2.93. The Labute approximate surface area is 147 Å². The Balaban J connectivity index is 1.47. The van der Waals surface area contributed by atoms with Gasteiger partial charge in [0.05, 0.1) is 24.5 Å². The van der Waals surface area contributed by atoms with Crippen LogP contribution >= 0.6 is 0 Å². The van der Waals surface area contributed by atoms with Crippen molar-refractivity contribution < 1.29 is 9.53 Å². The van der Waals surface area contributed by atoms with E-state index in [1.165, 1.54) is 5.56 Å². The van der Waals surface area contributed by atoms with Crippen LogP contribution < -0.4 is 10.1 Å². The zero-order valence-corrected chi connectivity index (χ0v) is 14.7. The number of benzene rings is 2. The fourth-order valence-corrected chi connectivity index (χ4v) is 2.93. The number of fused-ring (bicyclic) bond motifs is 1. The molecule has 0 aliphatic rings. The first-order valence-electron chi connectivity index (χ1n) is 8.46. The molecule has 0 spiro atoms. The fraction of sp³-hybridized carbons (Fsp3) is 0.300.